The largest absolute Gasteiger partial charge is 0.446 e. The summed E-state index contributed by atoms with van der Waals surface area (Å²) in [4.78, 5) is 0. The van der Waals surface area contributed by atoms with Gasteiger partial charge in [-0.05, 0) is 28.8 Å². The summed E-state index contributed by atoms with van der Waals surface area (Å²) in [6.07, 6.45) is 0. The first-order chi connectivity index (χ1) is 15.0. The number of hydrogen-bond donors (Lipinski definition) is 0. The van der Waals surface area contributed by atoms with Crippen molar-refractivity contribution in [1.29, 1.82) is 0 Å². The van der Waals surface area contributed by atoms with E-state index in [1.807, 2.05) is 42.5 Å². The van der Waals surface area contributed by atoms with Crippen LogP contribution in [-0.4, -0.2) is 0 Å². The zero-order valence-corrected chi connectivity index (χ0v) is 16.5. The summed E-state index contributed by atoms with van der Waals surface area (Å²) in [5.74, 6) is -4.85. The Morgan fingerprint density at radius 1 is 0.581 bits per heavy atom. The van der Waals surface area contributed by atoms with Crippen LogP contribution < -0.4 is 9.47 Å². The van der Waals surface area contributed by atoms with Gasteiger partial charge in [-0.1, -0.05) is 73.7 Å². The molecule has 0 aromatic heterocycles. The molecule has 0 spiro atoms. The molecule has 4 aromatic carbocycles. The molecule has 154 valence electrons. The second kappa shape index (κ2) is 7.51. The van der Waals surface area contributed by atoms with Gasteiger partial charge < -0.3 is 9.47 Å². The molecule has 0 aliphatic carbocycles. The fraction of sp³-hybridized carbons (Fsp3) is 0.0769. The number of para-hydroxylation sites is 2. The van der Waals surface area contributed by atoms with Crippen LogP contribution in [0.5, 0.6) is 23.0 Å². The van der Waals surface area contributed by atoms with Crippen LogP contribution in [0.1, 0.15) is 24.0 Å². The fourth-order valence-electron chi connectivity index (χ4n) is 3.80. The van der Waals surface area contributed by atoms with Crippen molar-refractivity contribution >= 4 is 0 Å². The molecule has 5 rings (SSSR count). The molecule has 1 atom stereocenters. The Morgan fingerprint density at radius 2 is 1.10 bits per heavy atom. The van der Waals surface area contributed by atoms with Gasteiger partial charge in [-0.2, -0.15) is 4.39 Å². The fourth-order valence-corrected chi connectivity index (χ4v) is 3.80. The molecule has 5 heteroatoms. The van der Waals surface area contributed by atoms with Crippen molar-refractivity contribution in [2.75, 3.05) is 0 Å². The molecule has 0 N–H and O–H groups in total. The SMILES string of the molecule is C[C@H](c1ccc(-c2ccccc2)cc1)c1c(F)c(F)c2c(c1F)Oc1ccccc1O2. The van der Waals surface area contributed by atoms with Gasteiger partial charge in [0.1, 0.15) is 0 Å². The van der Waals surface area contributed by atoms with Crippen LogP contribution >= 0.6 is 0 Å². The molecule has 4 aromatic rings. The van der Waals surface area contributed by atoms with E-state index in [1.165, 1.54) is 0 Å². The van der Waals surface area contributed by atoms with Crippen molar-refractivity contribution in [2.24, 2.45) is 0 Å². The third kappa shape index (κ3) is 3.22. The Bertz CT molecular complexity index is 1270. The first-order valence-corrected chi connectivity index (χ1v) is 9.85. The normalized spacial score (nSPS) is 12.9. The zero-order valence-electron chi connectivity index (χ0n) is 16.5. The third-order valence-corrected chi connectivity index (χ3v) is 5.49. The maximum absolute atomic E-state index is 15.4. The highest BCUT2D eigenvalue weighted by molar-refractivity contribution is 5.64. The Hall–Kier alpha value is -3.73. The number of halogens is 3. The lowest BCUT2D eigenvalue weighted by molar-refractivity contribution is 0.312. The first kappa shape index (κ1) is 19.2. The Balaban J connectivity index is 1.54. The van der Waals surface area contributed by atoms with Crippen molar-refractivity contribution in [1.82, 2.24) is 0 Å². The minimum Gasteiger partial charge on any atom is -0.446 e. The zero-order chi connectivity index (χ0) is 21.5. The smallest absolute Gasteiger partial charge is 0.211 e. The molecule has 0 saturated heterocycles. The van der Waals surface area contributed by atoms with Gasteiger partial charge in [-0.25, -0.2) is 8.78 Å². The van der Waals surface area contributed by atoms with Crippen LogP contribution in [0.2, 0.25) is 0 Å². The van der Waals surface area contributed by atoms with Crippen molar-refractivity contribution in [3.8, 4) is 34.1 Å². The molecule has 0 saturated carbocycles. The molecule has 0 fully saturated rings. The minimum atomic E-state index is -1.28. The molecule has 1 aliphatic rings. The number of fused-ring (bicyclic) bond motifs is 2. The lowest BCUT2D eigenvalue weighted by Crippen LogP contribution is -2.11. The summed E-state index contributed by atoms with van der Waals surface area (Å²) < 4.78 is 56.1. The summed E-state index contributed by atoms with van der Waals surface area (Å²) in [5.41, 5.74) is 2.26. The number of ether oxygens (including phenoxy) is 2. The van der Waals surface area contributed by atoms with Crippen molar-refractivity contribution in [3.05, 3.63) is 107 Å². The highest BCUT2D eigenvalue weighted by atomic mass is 19.2. The molecule has 0 unspecified atom stereocenters. The second-order valence-corrected chi connectivity index (χ2v) is 7.37. The molecule has 31 heavy (non-hydrogen) atoms. The van der Waals surface area contributed by atoms with E-state index in [2.05, 4.69) is 0 Å². The third-order valence-electron chi connectivity index (χ3n) is 5.49. The van der Waals surface area contributed by atoms with Gasteiger partial charge in [-0.3, -0.25) is 0 Å². The van der Waals surface area contributed by atoms with E-state index in [4.69, 9.17) is 9.47 Å². The van der Waals surface area contributed by atoms with E-state index in [0.717, 1.165) is 11.1 Å². The quantitative estimate of drug-likeness (QED) is 0.278. The molecule has 2 nitrogen and oxygen atoms in total. The average molecular weight is 418 g/mol. The maximum atomic E-state index is 15.4. The second-order valence-electron chi connectivity index (χ2n) is 7.37. The molecule has 0 amide bonds. The molecule has 1 aliphatic heterocycles. The first-order valence-electron chi connectivity index (χ1n) is 9.85. The van der Waals surface area contributed by atoms with Crippen LogP contribution in [0.3, 0.4) is 0 Å². The van der Waals surface area contributed by atoms with E-state index >= 15 is 4.39 Å². The summed E-state index contributed by atoms with van der Waals surface area (Å²) in [6, 6.07) is 23.5. The standard InChI is InChI=1S/C26H17F3O2/c1-15(16-11-13-18(14-12-16)17-7-3-2-4-8-17)21-22(27)24(29)26-25(23(21)28)30-19-9-5-6-10-20(19)31-26/h2-15H,1H3/t15-/m1/s1. The van der Waals surface area contributed by atoms with Gasteiger partial charge in [0.25, 0.3) is 0 Å². The predicted octanol–water partition coefficient (Wildman–Crippen LogP) is 7.82. The Morgan fingerprint density at radius 3 is 1.71 bits per heavy atom. The molecular formula is C26H17F3O2. The van der Waals surface area contributed by atoms with Gasteiger partial charge in [0.2, 0.25) is 17.3 Å². The van der Waals surface area contributed by atoms with Crippen LogP contribution in [0, 0.1) is 17.5 Å². The Labute approximate surface area is 177 Å². The van der Waals surface area contributed by atoms with Crippen LogP contribution in [0.4, 0.5) is 13.2 Å². The van der Waals surface area contributed by atoms with Crippen LogP contribution in [0.25, 0.3) is 11.1 Å². The monoisotopic (exact) mass is 418 g/mol. The predicted molar refractivity (Wildman–Crippen MR) is 112 cm³/mol. The number of hydrogen-bond acceptors (Lipinski definition) is 2. The van der Waals surface area contributed by atoms with E-state index in [9.17, 15) is 8.78 Å². The molecule has 0 bridgehead atoms. The van der Waals surface area contributed by atoms with Gasteiger partial charge in [-0.15, -0.1) is 0 Å². The van der Waals surface area contributed by atoms with Gasteiger partial charge in [0.05, 0.1) is 0 Å². The van der Waals surface area contributed by atoms with E-state index in [-0.39, 0.29) is 11.5 Å². The van der Waals surface area contributed by atoms with Gasteiger partial charge in [0.15, 0.2) is 23.1 Å². The average Bonchev–Trinajstić information content (AvgIpc) is 2.82. The lowest BCUT2D eigenvalue weighted by Gasteiger charge is -2.24. The topological polar surface area (TPSA) is 18.5 Å². The van der Waals surface area contributed by atoms with E-state index in [1.54, 1.807) is 43.3 Å². The summed E-state index contributed by atoms with van der Waals surface area (Å²) in [7, 11) is 0. The molecule has 1 heterocycles. The minimum absolute atomic E-state index is 0.199. The summed E-state index contributed by atoms with van der Waals surface area (Å²) in [6.45, 7) is 1.63. The Kier molecular flexibility index (Phi) is 4.66. The van der Waals surface area contributed by atoms with Crippen molar-refractivity contribution < 1.29 is 22.6 Å². The molecular weight excluding hydrogens is 401 g/mol. The van der Waals surface area contributed by atoms with Gasteiger partial charge in [0, 0.05) is 11.5 Å². The number of rotatable bonds is 3. The van der Waals surface area contributed by atoms with Crippen molar-refractivity contribution in [2.45, 2.75) is 12.8 Å². The number of benzene rings is 4. The maximum Gasteiger partial charge on any atom is 0.211 e. The highest BCUT2D eigenvalue weighted by Crippen LogP contribution is 2.50. The van der Waals surface area contributed by atoms with Gasteiger partial charge >= 0.3 is 0 Å². The molecule has 0 radical (unpaired) electrons. The van der Waals surface area contributed by atoms with E-state index < -0.39 is 40.4 Å². The van der Waals surface area contributed by atoms with Crippen molar-refractivity contribution in [3.63, 3.8) is 0 Å². The lowest BCUT2D eigenvalue weighted by atomic mass is 9.90. The highest BCUT2D eigenvalue weighted by Gasteiger charge is 2.34. The summed E-state index contributed by atoms with van der Waals surface area (Å²) >= 11 is 0. The summed E-state index contributed by atoms with van der Waals surface area (Å²) in [5, 5.41) is 0. The van der Waals surface area contributed by atoms with Crippen LogP contribution in [0.15, 0.2) is 78.9 Å². The van der Waals surface area contributed by atoms with E-state index in [0.29, 0.717) is 5.56 Å². The van der Waals surface area contributed by atoms with Crippen LogP contribution in [-0.2, 0) is 0 Å².